The third-order valence-electron chi connectivity index (χ3n) is 2.67. The topological polar surface area (TPSA) is 25.2 Å². The van der Waals surface area contributed by atoms with E-state index >= 15 is 0 Å². The Bertz CT molecular complexity index is 433. The maximum atomic E-state index is 5.75. The van der Waals surface area contributed by atoms with Crippen LogP contribution in [0, 0.1) is 0 Å². The molecule has 0 saturated heterocycles. The second kappa shape index (κ2) is 6.12. The molecule has 1 heterocycles. The summed E-state index contributed by atoms with van der Waals surface area (Å²) in [4.78, 5) is 0. The summed E-state index contributed by atoms with van der Waals surface area (Å²) < 4.78 is 5.75. The quantitative estimate of drug-likeness (QED) is 0.845. The molecule has 1 aromatic heterocycles. The molecule has 0 radical (unpaired) electrons. The molecular weight excluding hydrogens is 230 g/mol. The lowest BCUT2D eigenvalue weighted by atomic mass is 10.2. The maximum Gasteiger partial charge on any atom is 0.134 e. The molecule has 0 fully saturated rings. The summed E-state index contributed by atoms with van der Waals surface area (Å²) in [6, 6.07) is 10.8. The van der Waals surface area contributed by atoms with Crippen molar-refractivity contribution >= 4 is 22.7 Å². The number of furan rings is 1. The van der Waals surface area contributed by atoms with E-state index < -0.39 is 0 Å². The number of para-hydroxylation sites is 1. The maximum absolute atomic E-state index is 5.75. The highest BCUT2D eigenvalue weighted by Crippen LogP contribution is 2.18. The zero-order chi connectivity index (χ0) is 12.1. The Morgan fingerprint density at radius 1 is 1.35 bits per heavy atom. The van der Waals surface area contributed by atoms with Crippen LogP contribution in [0.5, 0.6) is 0 Å². The summed E-state index contributed by atoms with van der Waals surface area (Å²) in [7, 11) is 0. The number of rotatable bonds is 6. The highest BCUT2D eigenvalue weighted by Gasteiger charge is 2.05. The van der Waals surface area contributed by atoms with Gasteiger partial charge in [-0.1, -0.05) is 25.1 Å². The zero-order valence-corrected chi connectivity index (χ0v) is 11.2. The smallest absolute Gasteiger partial charge is 0.134 e. The Balaban J connectivity index is 1.90. The standard InChI is InChI=1S/C14H19NOS/c1-3-17-10-11(2)15-9-13-8-12-6-4-5-7-14(12)16-13/h4-8,11,15H,3,9-10H2,1-2H3. The molecule has 2 nitrogen and oxygen atoms in total. The molecule has 0 saturated carbocycles. The summed E-state index contributed by atoms with van der Waals surface area (Å²) in [6.45, 7) is 5.21. The molecule has 0 bridgehead atoms. The fraction of sp³-hybridized carbons (Fsp3) is 0.429. The predicted molar refractivity (Wildman–Crippen MR) is 75.5 cm³/mol. The minimum Gasteiger partial charge on any atom is -0.460 e. The number of nitrogens with one attached hydrogen (secondary N) is 1. The Kier molecular flexibility index (Phi) is 4.51. The van der Waals surface area contributed by atoms with Gasteiger partial charge in [0.05, 0.1) is 6.54 Å². The molecule has 1 unspecified atom stereocenters. The molecule has 0 aliphatic carbocycles. The van der Waals surface area contributed by atoms with Gasteiger partial charge in [-0.3, -0.25) is 0 Å². The number of hydrogen-bond donors (Lipinski definition) is 1. The first-order valence-electron chi connectivity index (χ1n) is 6.08. The van der Waals surface area contributed by atoms with Crippen LogP contribution < -0.4 is 5.32 Å². The van der Waals surface area contributed by atoms with Crippen LogP contribution in [0.3, 0.4) is 0 Å². The van der Waals surface area contributed by atoms with Gasteiger partial charge in [-0.15, -0.1) is 0 Å². The number of benzene rings is 1. The lowest BCUT2D eigenvalue weighted by molar-refractivity contribution is 0.491. The van der Waals surface area contributed by atoms with Gasteiger partial charge in [-0.05, 0) is 24.8 Å². The number of hydrogen-bond acceptors (Lipinski definition) is 3. The first-order chi connectivity index (χ1) is 8.29. The minimum absolute atomic E-state index is 0.521. The molecule has 0 spiro atoms. The molecule has 0 aliphatic heterocycles. The fourth-order valence-electron chi connectivity index (χ4n) is 1.75. The third kappa shape index (κ3) is 3.51. The summed E-state index contributed by atoms with van der Waals surface area (Å²) >= 11 is 1.96. The largest absolute Gasteiger partial charge is 0.460 e. The van der Waals surface area contributed by atoms with Gasteiger partial charge in [-0.2, -0.15) is 11.8 Å². The van der Waals surface area contributed by atoms with Crippen LogP contribution in [0.15, 0.2) is 34.7 Å². The Morgan fingerprint density at radius 2 is 2.18 bits per heavy atom. The molecule has 17 heavy (non-hydrogen) atoms. The molecule has 1 aromatic carbocycles. The molecule has 1 atom stereocenters. The lowest BCUT2D eigenvalue weighted by Crippen LogP contribution is -2.27. The normalized spacial score (nSPS) is 13.1. The van der Waals surface area contributed by atoms with Crippen molar-refractivity contribution in [3.05, 3.63) is 36.1 Å². The Hall–Kier alpha value is -0.930. The van der Waals surface area contributed by atoms with Crippen molar-refractivity contribution in [2.24, 2.45) is 0 Å². The van der Waals surface area contributed by atoms with Crippen molar-refractivity contribution in [2.45, 2.75) is 26.4 Å². The highest BCUT2D eigenvalue weighted by molar-refractivity contribution is 7.99. The average molecular weight is 249 g/mol. The van der Waals surface area contributed by atoms with Crippen LogP contribution in [-0.4, -0.2) is 17.5 Å². The van der Waals surface area contributed by atoms with E-state index in [2.05, 4.69) is 31.3 Å². The molecule has 3 heteroatoms. The molecule has 2 aromatic rings. The van der Waals surface area contributed by atoms with Crippen molar-refractivity contribution in [1.29, 1.82) is 0 Å². The number of thioether (sulfide) groups is 1. The van der Waals surface area contributed by atoms with Gasteiger partial charge in [-0.25, -0.2) is 0 Å². The first kappa shape index (κ1) is 12.5. The fourth-order valence-corrected chi connectivity index (χ4v) is 2.46. The van der Waals surface area contributed by atoms with Crippen molar-refractivity contribution in [3.63, 3.8) is 0 Å². The molecule has 1 N–H and O–H groups in total. The zero-order valence-electron chi connectivity index (χ0n) is 10.4. The van der Waals surface area contributed by atoms with E-state index in [1.165, 1.54) is 11.1 Å². The van der Waals surface area contributed by atoms with Crippen LogP contribution in [0.4, 0.5) is 0 Å². The summed E-state index contributed by atoms with van der Waals surface area (Å²) in [5.74, 6) is 3.34. The van der Waals surface area contributed by atoms with Crippen molar-refractivity contribution < 1.29 is 4.42 Å². The van der Waals surface area contributed by atoms with E-state index in [0.29, 0.717) is 6.04 Å². The van der Waals surface area contributed by atoms with E-state index in [0.717, 1.165) is 23.6 Å². The molecule has 0 amide bonds. The second-order valence-corrected chi connectivity index (χ2v) is 5.51. The van der Waals surface area contributed by atoms with Crippen molar-refractivity contribution in [3.8, 4) is 0 Å². The van der Waals surface area contributed by atoms with Gasteiger partial charge in [0, 0.05) is 17.2 Å². The van der Waals surface area contributed by atoms with Gasteiger partial charge < -0.3 is 9.73 Å². The van der Waals surface area contributed by atoms with Gasteiger partial charge in [0.1, 0.15) is 11.3 Å². The Morgan fingerprint density at radius 3 is 2.94 bits per heavy atom. The molecule has 0 aliphatic rings. The van der Waals surface area contributed by atoms with E-state index in [4.69, 9.17) is 4.42 Å². The summed E-state index contributed by atoms with van der Waals surface area (Å²) in [5, 5.41) is 4.66. The van der Waals surface area contributed by atoms with Gasteiger partial charge in [0.2, 0.25) is 0 Å². The van der Waals surface area contributed by atoms with E-state index in [9.17, 15) is 0 Å². The SMILES string of the molecule is CCSCC(C)NCc1cc2ccccc2o1. The number of fused-ring (bicyclic) bond motifs is 1. The van der Waals surface area contributed by atoms with E-state index in [-0.39, 0.29) is 0 Å². The van der Waals surface area contributed by atoms with Crippen LogP contribution >= 0.6 is 11.8 Å². The van der Waals surface area contributed by atoms with Crippen LogP contribution in [-0.2, 0) is 6.54 Å². The summed E-state index contributed by atoms with van der Waals surface area (Å²) in [5.41, 5.74) is 0.972. The summed E-state index contributed by atoms with van der Waals surface area (Å²) in [6.07, 6.45) is 0. The van der Waals surface area contributed by atoms with Gasteiger partial charge >= 0.3 is 0 Å². The predicted octanol–water partition coefficient (Wildman–Crippen LogP) is 3.66. The van der Waals surface area contributed by atoms with Gasteiger partial charge in [0.15, 0.2) is 0 Å². The second-order valence-electron chi connectivity index (χ2n) is 4.19. The van der Waals surface area contributed by atoms with Gasteiger partial charge in [0.25, 0.3) is 0 Å². The van der Waals surface area contributed by atoms with Crippen LogP contribution in [0.2, 0.25) is 0 Å². The first-order valence-corrected chi connectivity index (χ1v) is 7.23. The molecular formula is C14H19NOS. The van der Waals surface area contributed by atoms with Crippen LogP contribution in [0.25, 0.3) is 11.0 Å². The monoisotopic (exact) mass is 249 g/mol. The third-order valence-corrected chi connectivity index (χ3v) is 3.82. The Labute approximate surface area is 107 Å². The highest BCUT2D eigenvalue weighted by atomic mass is 32.2. The molecule has 2 rings (SSSR count). The van der Waals surface area contributed by atoms with Crippen LogP contribution in [0.1, 0.15) is 19.6 Å². The molecule has 92 valence electrons. The lowest BCUT2D eigenvalue weighted by Gasteiger charge is -2.11. The minimum atomic E-state index is 0.521. The van der Waals surface area contributed by atoms with Crippen molar-refractivity contribution in [2.75, 3.05) is 11.5 Å². The van der Waals surface area contributed by atoms with E-state index in [1.807, 2.05) is 30.0 Å². The van der Waals surface area contributed by atoms with E-state index in [1.54, 1.807) is 0 Å². The van der Waals surface area contributed by atoms with Crippen molar-refractivity contribution in [1.82, 2.24) is 5.32 Å². The average Bonchev–Trinajstić information content (AvgIpc) is 2.76.